The molecule has 0 aliphatic carbocycles. The number of urea groups is 1. The number of nitrogens with one attached hydrogen (secondary N) is 2. The third-order valence-corrected chi connectivity index (χ3v) is 3.23. The van der Waals surface area contributed by atoms with Crippen molar-refractivity contribution in [2.75, 3.05) is 12.4 Å². The lowest BCUT2D eigenvalue weighted by Gasteiger charge is -2.15. The summed E-state index contributed by atoms with van der Waals surface area (Å²) in [7, 11) is 1.38. The van der Waals surface area contributed by atoms with Crippen LogP contribution in [0.5, 0.6) is 5.75 Å². The lowest BCUT2D eigenvalue weighted by atomic mass is 10.1. The van der Waals surface area contributed by atoms with Gasteiger partial charge in [0.25, 0.3) is 0 Å². The van der Waals surface area contributed by atoms with Gasteiger partial charge in [0.2, 0.25) is 5.91 Å². The van der Waals surface area contributed by atoms with Gasteiger partial charge in [-0.1, -0.05) is 6.07 Å². The molecule has 4 N–H and O–H groups in total. The van der Waals surface area contributed by atoms with E-state index in [1.54, 1.807) is 13.0 Å². The number of nitrogens with two attached hydrogens (primary N) is 1. The molecule has 24 heavy (non-hydrogen) atoms. The highest BCUT2D eigenvalue weighted by Gasteiger charge is 2.13. The van der Waals surface area contributed by atoms with E-state index in [0.717, 1.165) is 0 Å². The van der Waals surface area contributed by atoms with Crippen LogP contribution in [-0.2, 0) is 11.3 Å². The van der Waals surface area contributed by atoms with Gasteiger partial charge in [0, 0.05) is 6.20 Å². The van der Waals surface area contributed by atoms with Crippen molar-refractivity contribution in [3.8, 4) is 5.75 Å². The monoisotopic (exact) mass is 335 g/mol. The topological polar surface area (TPSA) is 111 Å². The standard InChI is InChI=1S/C15H18FN5O3/c1-9(10-3-4-13(24-2)12(16)5-10)19-15(23)20-11-6-18-21(7-11)8-14(17)22/h3-7,9H,8H2,1-2H3,(H2,17,22)(H2,19,20,23)/t9-/m0/s1. The third kappa shape index (κ3) is 4.45. The maximum Gasteiger partial charge on any atom is 0.319 e. The van der Waals surface area contributed by atoms with E-state index < -0.39 is 23.8 Å². The smallest absolute Gasteiger partial charge is 0.319 e. The van der Waals surface area contributed by atoms with Crippen LogP contribution in [0.25, 0.3) is 0 Å². The van der Waals surface area contributed by atoms with Gasteiger partial charge >= 0.3 is 6.03 Å². The molecule has 0 bridgehead atoms. The van der Waals surface area contributed by atoms with E-state index in [4.69, 9.17) is 10.5 Å². The molecule has 0 spiro atoms. The molecule has 1 aromatic heterocycles. The molecule has 0 aliphatic heterocycles. The van der Waals surface area contributed by atoms with Gasteiger partial charge in [-0.2, -0.15) is 5.10 Å². The Balaban J connectivity index is 1.95. The van der Waals surface area contributed by atoms with Crippen LogP contribution >= 0.6 is 0 Å². The molecule has 1 heterocycles. The van der Waals surface area contributed by atoms with E-state index in [2.05, 4.69) is 15.7 Å². The molecule has 1 aromatic carbocycles. The minimum absolute atomic E-state index is 0.0785. The van der Waals surface area contributed by atoms with E-state index in [-0.39, 0.29) is 12.3 Å². The summed E-state index contributed by atoms with van der Waals surface area (Å²) in [6.45, 7) is 1.64. The minimum Gasteiger partial charge on any atom is -0.494 e. The number of anilines is 1. The van der Waals surface area contributed by atoms with Crippen molar-refractivity contribution in [1.82, 2.24) is 15.1 Å². The Bertz CT molecular complexity index is 746. The van der Waals surface area contributed by atoms with Crippen LogP contribution in [0.1, 0.15) is 18.5 Å². The Labute approximate surface area is 137 Å². The molecule has 2 rings (SSSR count). The summed E-state index contributed by atoms with van der Waals surface area (Å²) in [6.07, 6.45) is 2.86. The fourth-order valence-electron chi connectivity index (χ4n) is 2.07. The molecule has 8 nitrogen and oxygen atoms in total. The van der Waals surface area contributed by atoms with Crippen LogP contribution in [-0.4, -0.2) is 28.8 Å². The molecule has 128 valence electrons. The Morgan fingerprint density at radius 1 is 1.46 bits per heavy atom. The molecule has 0 saturated carbocycles. The fraction of sp³-hybridized carbons (Fsp3) is 0.267. The number of carbonyl (C=O) groups excluding carboxylic acids is 2. The lowest BCUT2D eigenvalue weighted by Crippen LogP contribution is -2.31. The molecule has 0 saturated heterocycles. The van der Waals surface area contributed by atoms with Crippen LogP contribution in [0.15, 0.2) is 30.6 Å². The molecular weight excluding hydrogens is 317 g/mol. The molecular formula is C15H18FN5O3. The minimum atomic E-state index is -0.538. The SMILES string of the molecule is COc1ccc([C@H](C)NC(=O)Nc2cnn(CC(N)=O)c2)cc1F. The molecule has 0 fully saturated rings. The number of benzene rings is 1. The second-order valence-electron chi connectivity index (χ2n) is 5.11. The number of hydrogen-bond acceptors (Lipinski definition) is 4. The van der Waals surface area contributed by atoms with E-state index in [9.17, 15) is 14.0 Å². The summed E-state index contributed by atoms with van der Waals surface area (Å²) in [5.41, 5.74) is 6.05. The number of hydrogen-bond donors (Lipinski definition) is 3. The van der Waals surface area contributed by atoms with Gasteiger partial charge in [0.15, 0.2) is 11.6 Å². The number of aromatic nitrogens is 2. The Morgan fingerprint density at radius 3 is 2.83 bits per heavy atom. The van der Waals surface area contributed by atoms with Crippen LogP contribution in [0.2, 0.25) is 0 Å². The number of halogens is 1. The summed E-state index contributed by atoms with van der Waals surface area (Å²) in [4.78, 5) is 22.8. The highest BCUT2D eigenvalue weighted by Crippen LogP contribution is 2.21. The summed E-state index contributed by atoms with van der Waals surface area (Å²) >= 11 is 0. The largest absolute Gasteiger partial charge is 0.494 e. The van der Waals surface area contributed by atoms with E-state index in [0.29, 0.717) is 11.3 Å². The second-order valence-corrected chi connectivity index (χ2v) is 5.11. The number of ether oxygens (including phenoxy) is 1. The van der Waals surface area contributed by atoms with Crippen LogP contribution in [0.4, 0.5) is 14.9 Å². The number of rotatable bonds is 6. The highest BCUT2D eigenvalue weighted by atomic mass is 19.1. The van der Waals surface area contributed by atoms with Crippen LogP contribution < -0.4 is 21.1 Å². The van der Waals surface area contributed by atoms with Crippen molar-refractivity contribution in [1.29, 1.82) is 0 Å². The normalized spacial score (nSPS) is 11.6. The summed E-state index contributed by atoms with van der Waals surface area (Å²) in [5.74, 6) is -0.904. The average molecular weight is 335 g/mol. The van der Waals surface area contributed by atoms with Crippen molar-refractivity contribution in [3.05, 3.63) is 42.0 Å². The molecule has 0 aliphatic rings. The molecule has 0 radical (unpaired) electrons. The predicted octanol–water partition coefficient (Wildman–Crippen LogP) is 1.40. The van der Waals surface area contributed by atoms with Crippen LogP contribution in [0.3, 0.4) is 0 Å². The second kappa shape index (κ2) is 7.44. The van der Waals surface area contributed by atoms with E-state index >= 15 is 0 Å². The number of methoxy groups -OCH3 is 1. The van der Waals surface area contributed by atoms with Gasteiger partial charge in [-0.3, -0.25) is 9.48 Å². The van der Waals surface area contributed by atoms with Gasteiger partial charge in [-0.05, 0) is 24.6 Å². The summed E-state index contributed by atoms with van der Waals surface area (Å²) in [6, 6.07) is 3.55. The first-order valence-corrected chi connectivity index (χ1v) is 7.10. The van der Waals surface area contributed by atoms with Crippen LogP contribution in [0, 0.1) is 5.82 Å². The van der Waals surface area contributed by atoms with Gasteiger partial charge < -0.3 is 21.1 Å². The molecule has 9 heteroatoms. The first-order chi connectivity index (χ1) is 11.4. The molecule has 2 aromatic rings. The van der Waals surface area contributed by atoms with Crippen molar-refractivity contribution < 1.29 is 18.7 Å². The zero-order valence-corrected chi connectivity index (χ0v) is 13.2. The average Bonchev–Trinajstić information content (AvgIpc) is 2.92. The Hall–Kier alpha value is -3.10. The van der Waals surface area contributed by atoms with Gasteiger partial charge in [-0.25, -0.2) is 9.18 Å². The van der Waals surface area contributed by atoms with Gasteiger partial charge in [-0.15, -0.1) is 0 Å². The summed E-state index contributed by atoms with van der Waals surface area (Å²) in [5, 5.41) is 9.13. The fourth-order valence-corrected chi connectivity index (χ4v) is 2.07. The number of primary amides is 1. The maximum atomic E-state index is 13.7. The predicted molar refractivity (Wildman–Crippen MR) is 84.9 cm³/mol. The van der Waals surface area contributed by atoms with Crippen molar-refractivity contribution in [3.63, 3.8) is 0 Å². The number of carbonyl (C=O) groups is 2. The molecule has 3 amide bonds. The first kappa shape index (κ1) is 17.3. The maximum absolute atomic E-state index is 13.7. The zero-order chi connectivity index (χ0) is 17.7. The van der Waals surface area contributed by atoms with E-state index in [1.165, 1.54) is 36.3 Å². The quantitative estimate of drug-likeness (QED) is 0.741. The van der Waals surface area contributed by atoms with Crippen molar-refractivity contribution in [2.45, 2.75) is 19.5 Å². The van der Waals surface area contributed by atoms with Crippen molar-refractivity contribution >= 4 is 17.6 Å². The van der Waals surface area contributed by atoms with E-state index in [1.807, 2.05) is 0 Å². The number of amides is 3. The zero-order valence-electron chi connectivity index (χ0n) is 13.2. The summed E-state index contributed by atoms with van der Waals surface area (Å²) < 4.78 is 19.9. The Kier molecular flexibility index (Phi) is 5.35. The van der Waals surface area contributed by atoms with Crippen molar-refractivity contribution in [2.24, 2.45) is 5.73 Å². The molecule has 1 atom stereocenters. The third-order valence-electron chi connectivity index (χ3n) is 3.23. The highest BCUT2D eigenvalue weighted by molar-refractivity contribution is 5.89. The van der Waals surface area contributed by atoms with Gasteiger partial charge in [0.1, 0.15) is 6.54 Å². The number of nitrogens with zero attached hydrogens (tertiary/aromatic N) is 2. The van der Waals surface area contributed by atoms with Gasteiger partial charge in [0.05, 0.1) is 25.0 Å². The Morgan fingerprint density at radius 2 is 2.21 bits per heavy atom. The molecule has 0 unspecified atom stereocenters. The first-order valence-electron chi connectivity index (χ1n) is 7.10. The lowest BCUT2D eigenvalue weighted by molar-refractivity contribution is -0.118.